The van der Waals surface area contributed by atoms with Crippen LogP contribution >= 0.6 is 0 Å². The summed E-state index contributed by atoms with van der Waals surface area (Å²) >= 11 is 0. The highest BCUT2D eigenvalue weighted by atomic mass is 16.5. The second kappa shape index (κ2) is 11.0. The second-order valence-corrected chi connectivity index (χ2v) is 7.79. The highest BCUT2D eigenvalue weighted by Crippen LogP contribution is 2.18. The van der Waals surface area contributed by atoms with E-state index in [-0.39, 0.29) is 11.3 Å². The maximum absolute atomic E-state index is 12.9. The van der Waals surface area contributed by atoms with E-state index in [0.29, 0.717) is 29.7 Å². The fourth-order valence-electron chi connectivity index (χ4n) is 3.53. The smallest absolute Gasteiger partial charge is 0.292 e. The Morgan fingerprint density at radius 3 is 2.50 bits per heavy atom. The number of hydrogen-bond acceptors (Lipinski definition) is 5. The predicted molar refractivity (Wildman–Crippen MR) is 133 cm³/mol. The lowest BCUT2D eigenvalue weighted by atomic mass is 10.1. The molecule has 7 heteroatoms. The molecule has 7 nitrogen and oxygen atoms in total. The Kier molecular flexibility index (Phi) is 7.45. The minimum absolute atomic E-state index is 0.164. The standard InChI is InChI=1S/C27H26N4O3/c1-2-3-17-31-27(33)23-15-9-8-14-22(23)25(30-31)26(32)29-28-18-21-13-7-10-16-24(21)34-19-20-11-5-4-6-12-20/h4-16,18H,2-3,17,19H2,1H3,(H,29,32)/b28-18+. The van der Waals surface area contributed by atoms with Crippen molar-refractivity contribution in [1.29, 1.82) is 0 Å². The molecular weight excluding hydrogens is 428 g/mol. The summed E-state index contributed by atoms with van der Waals surface area (Å²) < 4.78 is 7.29. The Balaban J connectivity index is 1.53. The zero-order valence-electron chi connectivity index (χ0n) is 19.0. The molecule has 0 saturated heterocycles. The number of aromatic nitrogens is 2. The zero-order valence-corrected chi connectivity index (χ0v) is 19.0. The van der Waals surface area contributed by atoms with Crippen LogP contribution in [0.5, 0.6) is 5.75 Å². The molecular formula is C27H26N4O3. The van der Waals surface area contributed by atoms with E-state index in [1.165, 1.54) is 10.9 Å². The Hall–Kier alpha value is -4.26. The van der Waals surface area contributed by atoms with Crippen LogP contribution in [0.1, 0.15) is 41.4 Å². The number of fused-ring (bicyclic) bond motifs is 1. The zero-order chi connectivity index (χ0) is 23.8. The Morgan fingerprint density at radius 1 is 1.00 bits per heavy atom. The van der Waals surface area contributed by atoms with Gasteiger partial charge in [0.2, 0.25) is 0 Å². The first-order chi connectivity index (χ1) is 16.7. The number of hydrazone groups is 1. The van der Waals surface area contributed by atoms with E-state index in [9.17, 15) is 9.59 Å². The lowest BCUT2D eigenvalue weighted by Crippen LogP contribution is -2.29. The molecule has 1 N–H and O–H groups in total. The fraction of sp³-hybridized carbons (Fsp3) is 0.185. The van der Waals surface area contributed by atoms with Crippen molar-refractivity contribution < 1.29 is 9.53 Å². The molecule has 0 aliphatic heterocycles. The summed E-state index contributed by atoms with van der Waals surface area (Å²) in [7, 11) is 0. The predicted octanol–water partition coefficient (Wildman–Crippen LogP) is 4.54. The molecule has 0 spiro atoms. The van der Waals surface area contributed by atoms with Crippen LogP contribution in [0, 0.1) is 0 Å². The van der Waals surface area contributed by atoms with Gasteiger partial charge in [-0.25, -0.2) is 10.1 Å². The van der Waals surface area contributed by atoms with Gasteiger partial charge in [-0.05, 0) is 30.2 Å². The number of carbonyl (C=O) groups excluding carboxylic acids is 1. The molecule has 4 aromatic rings. The number of carbonyl (C=O) groups is 1. The summed E-state index contributed by atoms with van der Waals surface area (Å²) in [6.45, 7) is 2.92. The first-order valence-electron chi connectivity index (χ1n) is 11.3. The van der Waals surface area contributed by atoms with Gasteiger partial charge in [0.05, 0.1) is 11.6 Å². The van der Waals surface area contributed by atoms with Crippen LogP contribution in [-0.4, -0.2) is 21.9 Å². The molecule has 4 rings (SSSR count). The molecule has 0 aliphatic rings. The van der Waals surface area contributed by atoms with Crippen LogP contribution in [0.25, 0.3) is 10.8 Å². The van der Waals surface area contributed by atoms with Gasteiger partial charge in [0.1, 0.15) is 12.4 Å². The maximum Gasteiger partial charge on any atom is 0.292 e. The van der Waals surface area contributed by atoms with Crippen LogP contribution in [0.15, 0.2) is 88.8 Å². The van der Waals surface area contributed by atoms with Crippen LogP contribution in [-0.2, 0) is 13.2 Å². The average Bonchev–Trinajstić information content (AvgIpc) is 2.88. The normalized spacial score (nSPS) is 11.1. The monoisotopic (exact) mass is 454 g/mol. The minimum Gasteiger partial charge on any atom is -0.488 e. The SMILES string of the molecule is CCCCn1nc(C(=O)N/N=C/c2ccccc2OCc2ccccc2)c2ccccc2c1=O. The third kappa shape index (κ3) is 5.38. The maximum atomic E-state index is 12.9. The molecule has 0 fully saturated rings. The van der Waals surface area contributed by atoms with Crippen molar-refractivity contribution in [2.24, 2.45) is 5.10 Å². The summed E-state index contributed by atoms with van der Waals surface area (Å²) in [5.41, 5.74) is 4.28. The molecule has 3 aromatic carbocycles. The first kappa shape index (κ1) is 22.9. The number of benzene rings is 3. The van der Waals surface area contributed by atoms with Crippen LogP contribution < -0.4 is 15.7 Å². The van der Waals surface area contributed by atoms with Gasteiger partial charge >= 0.3 is 0 Å². The van der Waals surface area contributed by atoms with E-state index in [0.717, 1.165) is 24.0 Å². The topological polar surface area (TPSA) is 85.6 Å². The van der Waals surface area contributed by atoms with Gasteiger partial charge in [-0.15, -0.1) is 0 Å². The Morgan fingerprint density at radius 2 is 1.71 bits per heavy atom. The van der Waals surface area contributed by atoms with Crippen molar-refractivity contribution in [3.05, 3.63) is 106 Å². The van der Waals surface area contributed by atoms with E-state index in [1.807, 2.05) is 61.5 Å². The number of amides is 1. The minimum atomic E-state index is -0.486. The number of ether oxygens (including phenoxy) is 1. The van der Waals surface area contributed by atoms with Gasteiger partial charge in [0.25, 0.3) is 11.5 Å². The fourth-order valence-corrected chi connectivity index (χ4v) is 3.53. The summed E-state index contributed by atoms with van der Waals surface area (Å²) in [4.78, 5) is 25.7. The number of aryl methyl sites for hydroxylation is 1. The molecule has 1 amide bonds. The van der Waals surface area contributed by atoms with Gasteiger partial charge < -0.3 is 4.74 Å². The third-order valence-corrected chi connectivity index (χ3v) is 5.33. The van der Waals surface area contributed by atoms with Crippen LogP contribution in [0.3, 0.4) is 0 Å². The highest BCUT2D eigenvalue weighted by Gasteiger charge is 2.16. The number of unbranched alkanes of at least 4 members (excludes halogenated alkanes) is 1. The van der Waals surface area contributed by atoms with Crippen molar-refractivity contribution >= 4 is 22.9 Å². The van der Waals surface area contributed by atoms with E-state index in [1.54, 1.807) is 24.3 Å². The van der Waals surface area contributed by atoms with E-state index >= 15 is 0 Å². The van der Waals surface area contributed by atoms with E-state index in [2.05, 4.69) is 15.6 Å². The van der Waals surface area contributed by atoms with Gasteiger partial charge in [0, 0.05) is 17.5 Å². The van der Waals surface area contributed by atoms with Gasteiger partial charge in [0.15, 0.2) is 5.69 Å². The van der Waals surface area contributed by atoms with Gasteiger partial charge in [-0.2, -0.15) is 10.2 Å². The van der Waals surface area contributed by atoms with Crippen LogP contribution in [0.2, 0.25) is 0 Å². The molecule has 0 aliphatic carbocycles. The summed E-state index contributed by atoms with van der Waals surface area (Å²) in [5, 5.41) is 9.42. The first-order valence-corrected chi connectivity index (χ1v) is 11.3. The molecule has 1 heterocycles. The number of hydrogen-bond donors (Lipinski definition) is 1. The van der Waals surface area contributed by atoms with Gasteiger partial charge in [-0.1, -0.05) is 74.0 Å². The molecule has 0 atom stereocenters. The lowest BCUT2D eigenvalue weighted by molar-refractivity contribution is 0.0949. The highest BCUT2D eigenvalue weighted by molar-refractivity contribution is 6.05. The van der Waals surface area contributed by atoms with Crippen molar-refractivity contribution in [1.82, 2.24) is 15.2 Å². The summed E-state index contributed by atoms with van der Waals surface area (Å²) in [5.74, 6) is 0.168. The quantitative estimate of drug-likeness (QED) is 0.297. The summed E-state index contributed by atoms with van der Waals surface area (Å²) in [6.07, 6.45) is 3.25. The molecule has 172 valence electrons. The Bertz CT molecular complexity index is 1360. The lowest BCUT2D eigenvalue weighted by Gasteiger charge is -2.10. The molecule has 0 saturated carbocycles. The van der Waals surface area contributed by atoms with Crippen molar-refractivity contribution in [3.63, 3.8) is 0 Å². The third-order valence-electron chi connectivity index (χ3n) is 5.33. The number of nitrogens with one attached hydrogen (secondary N) is 1. The van der Waals surface area contributed by atoms with Crippen molar-refractivity contribution in [2.75, 3.05) is 0 Å². The number of nitrogens with zero attached hydrogens (tertiary/aromatic N) is 3. The van der Waals surface area contributed by atoms with Gasteiger partial charge in [-0.3, -0.25) is 9.59 Å². The van der Waals surface area contributed by atoms with Crippen molar-refractivity contribution in [3.8, 4) is 5.75 Å². The van der Waals surface area contributed by atoms with E-state index in [4.69, 9.17) is 4.74 Å². The molecule has 1 aromatic heterocycles. The number of para-hydroxylation sites is 1. The van der Waals surface area contributed by atoms with Crippen LogP contribution in [0.4, 0.5) is 0 Å². The van der Waals surface area contributed by atoms with E-state index < -0.39 is 5.91 Å². The Labute approximate surface area is 197 Å². The molecule has 34 heavy (non-hydrogen) atoms. The molecule has 0 radical (unpaired) electrons. The molecule has 0 unspecified atom stereocenters. The summed E-state index contributed by atoms with van der Waals surface area (Å²) in [6, 6.07) is 24.3. The largest absolute Gasteiger partial charge is 0.488 e. The number of rotatable bonds is 9. The second-order valence-electron chi connectivity index (χ2n) is 7.79. The average molecular weight is 455 g/mol. The molecule has 0 bridgehead atoms. The van der Waals surface area contributed by atoms with Crippen molar-refractivity contribution in [2.45, 2.75) is 32.9 Å².